The highest BCUT2D eigenvalue weighted by atomic mass is 19.3. The fourth-order valence-electron chi connectivity index (χ4n) is 3.44. The fraction of sp³-hybridized carbons (Fsp3) is 0.316. The Morgan fingerprint density at radius 1 is 1.07 bits per heavy atom. The van der Waals surface area contributed by atoms with Crippen molar-refractivity contribution in [2.24, 2.45) is 0 Å². The van der Waals surface area contributed by atoms with Crippen LogP contribution in [-0.2, 0) is 0 Å². The molecule has 0 saturated carbocycles. The Balaban J connectivity index is 1.89. The summed E-state index contributed by atoms with van der Waals surface area (Å²) in [5.41, 5.74) is 4.35. The number of hydrogen-bond donors (Lipinski definition) is 0. The molecular weight excluding hydrogens is 368 g/mol. The van der Waals surface area contributed by atoms with Crippen LogP contribution in [0.15, 0.2) is 22.6 Å². The molecule has 0 aliphatic carbocycles. The van der Waals surface area contributed by atoms with Crippen molar-refractivity contribution in [2.45, 2.75) is 41.2 Å². The van der Waals surface area contributed by atoms with Gasteiger partial charge in [0.2, 0.25) is 5.71 Å². The average molecular weight is 387 g/mol. The van der Waals surface area contributed by atoms with Crippen molar-refractivity contribution in [3.63, 3.8) is 0 Å². The van der Waals surface area contributed by atoms with Crippen LogP contribution in [0, 0.1) is 34.6 Å². The van der Waals surface area contributed by atoms with Gasteiger partial charge < -0.3 is 9.15 Å². The second-order valence-corrected chi connectivity index (χ2v) is 6.63. The van der Waals surface area contributed by atoms with Crippen molar-refractivity contribution in [3.05, 3.63) is 46.9 Å². The molecule has 1 aromatic carbocycles. The average Bonchev–Trinajstić information content (AvgIpc) is 3.18. The maximum absolute atomic E-state index is 12.5. The third-order valence-corrected chi connectivity index (χ3v) is 4.55. The fourth-order valence-corrected chi connectivity index (χ4v) is 3.44. The molecule has 0 spiro atoms. The summed E-state index contributed by atoms with van der Waals surface area (Å²) in [5.74, 6) is 2.16. The highest BCUT2D eigenvalue weighted by Gasteiger charge is 2.24. The summed E-state index contributed by atoms with van der Waals surface area (Å²) in [6.45, 7) is 6.37. The van der Waals surface area contributed by atoms with E-state index in [-0.39, 0.29) is 5.75 Å². The first-order valence-electron chi connectivity index (χ1n) is 8.71. The predicted molar refractivity (Wildman–Crippen MR) is 98.1 cm³/mol. The molecule has 0 amide bonds. The number of oxazole rings is 1. The molecule has 9 heteroatoms. The number of benzene rings is 1. The van der Waals surface area contributed by atoms with E-state index < -0.39 is 6.61 Å². The van der Waals surface area contributed by atoms with Crippen LogP contribution in [0.25, 0.3) is 22.7 Å². The molecule has 0 unspecified atom stereocenters. The second-order valence-electron chi connectivity index (χ2n) is 6.63. The Morgan fingerprint density at radius 3 is 2.43 bits per heavy atom. The third-order valence-electron chi connectivity index (χ3n) is 4.55. The van der Waals surface area contributed by atoms with E-state index in [2.05, 4.69) is 19.9 Å². The summed E-state index contributed by atoms with van der Waals surface area (Å²) in [6.07, 6.45) is 0. The molecule has 28 heavy (non-hydrogen) atoms. The Hall–Kier alpha value is -3.23. The van der Waals surface area contributed by atoms with E-state index in [0.717, 1.165) is 34.0 Å². The Morgan fingerprint density at radius 2 is 1.82 bits per heavy atom. The number of ether oxygens (including phenoxy) is 1. The minimum absolute atomic E-state index is 0.111. The van der Waals surface area contributed by atoms with Crippen LogP contribution in [0.1, 0.15) is 28.7 Å². The lowest BCUT2D eigenvalue weighted by Crippen LogP contribution is -2.02. The van der Waals surface area contributed by atoms with Crippen molar-refractivity contribution in [3.8, 4) is 22.7 Å². The van der Waals surface area contributed by atoms with Crippen LogP contribution in [0.4, 0.5) is 8.78 Å². The maximum atomic E-state index is 12.5. The van der Waals surface area contributed by atoms with Gasteiger partial charge in [-0.25, -0.2) is 9.67 Å². The number of aryl methyl sites for hydroxylation is 5. The molecule has 7 nitrogen and oxygen atoms in total. The maximum Gasteiger partial charge on any atom is 0.387 e. The van der Waals surface area contributed by atoms with Crippen LogP contribution in [-0.4, -0.2) is 31.0 Å². The molecule has 0 bridgehead atoms. The van der Waals surface area contributed by atoms with Crippen LogP contribution >= 0.6 is 0 Å². The SMILES string of the molecule is Cc1nc(C)n(-c2c(C)nn3c(-c4ccc(OC(F)F)cc4C)c(C)oc23)n1. The van der Waals surface area contributed by atoms with Crippen molar-refractivity contribution in [1.82, 2.24) is 24.4 Å². The van der Waals surface area contributed by atoms with E-state index in [9.17, 15) is 8.78 Å². The van der Waals surface area contributed by atoms with E-state index >= 15 is 0 Å². The largest absolute Gasteiger partial charge is 0.439 e. The number of hydrogen-bond acceptors (Lipinski definition) is 5. The van der Waals surface area contributed by atoms with Gasteiger partial charge in [0.1, 0.15) is 28.9 Å². The standard InChI is InChI=1S/C19H19F2N5O2/c1-9-8-14(28-19(20)21)6-7-15(9)17-11(3)27-18-16(10(2)23-26(17)18)25-13(5)22-12(4)24-25/h6-8,19H,1-5H3. The number of halogens is 2. The molecule has 0 N–H and O–H groups in total. The molecule has 0 aliphatic heterocycles. The molecule has 146 valence electrons. The minimum Gasteiger partial charge on any atom is -0.439 e. The smallest absolute Gasteiger partial charge is 0.387 e. The van der Waals surface area contributed by atoms with Crippen LogP contribution in [0.5, 0.6) is 5.75 Å². The quantitative estimate of drug-likeness (QED) is 0.522. The highest BCUT2D eigenvalue weighted by Crippen LogP contribution is 2.34. The lowest BCUT2D eigenvalue weighted by Gasteiger charge is -2.09. The number of rotatable bonds is 4. The molecule has 0 aliphatic rings. The first kappa shape index (κ1) is 18.1. The normalized spacial score (nSPS) is 11.7. The minimum atomic E-state index is -2.86. The zero-order chi connectivity index (χ0) is 20.2. The molecule has 0 saturated heterocycles. The van der Waals surface area contributed by atoms with Gasteiger partial charge in [-0.3, -0.25) is 0 Å². The van der Waals surface area contributed by atoms with Gasteiger partial charge in [0.25, 0.3) is 0 Å². The molecular formula is C19H19F2N5O2. The number of nitrogens with zero attached hydrogens (tertiary/aromatic N) is 5. The highest BCUT2D eigenvalue weighted by molar-refractivity contribution is 5.72. The van der Waals surface area contributed by atoms with E-state index in [4.69, 9.17) is 4.42 Å². The molecule has 3 aromatic heterocycles. The van der Waals surface area contributed by atoms with Crippen LogP contribution < -0.4 is 4.74 Å². The Kier molecular flexibility index (Phi) is 4.17. The summed E-state index contributed by atoms with van der Waals surface area (Å²) in [5, 5.41) is 9.07. The summed E-state index contributed by atoms with van der Waals surface area (Å²) >= 11 is 0. The van der Waals surface area contributed by atoms with Crippen LogP contribution in [0.3, 0.4) is 0 Å². The summed E-state index contributed by atoms with van der Waals surface area (Å²) in [4.78, 5) is 4.35. The molecule has 3 heterocycles. The zero-order valence-corrected chi connectivity index (χ0v) is 16.1. The van der Waals surface area contributed by atoms with E-state index in [0.29, 0.717) is 17.3 Å². The second kappa shape index (κ2) is 6.43. The number of fused-ring (bicyclic) bond motifs is 1. The predicted octanol–water partition coefficient (Wildman–Crippen LogP) is 4.32. The first-order chi connectivity index (χ1) is 13.3. The van der Waals surface area contributed by atoms with Crippen molar-refractivity contribution in [1.29, 1.82) is 0 Å². The molecule has 4 aromatic rings. The summed E-state index contributed by atoms with van der Waals surface area (Å²) < 4.78 is 38.9. The third kappa shape index (κ3) is 2.83. The Labute approximate surface area is 159 Å². The first-order valence-corrected chi connectivity index (χ1v) is 8.71. The van der Waals surface area contributed by atoms with Crippen molar-refractivity contribution >= 4 is 5.71 Å². The van der Waals surface area contributed by atoms with E-state index in [1.165, 1.54) is 6.07 Å². The monoisotopic (exact) mass is 387 g/mol. The number of alkyl halides is 2. The Bertz CT molecular complexity index is 1190. The molecule has 0 fully saturated rings. The lowest BCUT2D eigenvalue weighted by atomic mass is 10.0. The van der Waals surface area contributed by atoms with Gasteiger partial charge in [-0.1, -0.05) is 0 Å². The molecule has 0 atom stereocenters. The topological polar surface area (TPSA) is 70.4 Å². The summed E-state index contributed by atoms with van der Waals surface area (Å²) in [6, 6.07) is 4.81. The van der Waals surface area contributed by atoms with E-state index in [1.807, 2.05) is 34.6 Å². The van der Waals surface area contributed by atoms with Crippen molar-refractivity contribution in [2.75, 3.05) is 0 Å². The van der Waals surface area contributed by atoms with Crippen molar-refractivity contribution < 1.29 is 17.9 Å². The molecule has 4 rings (SSSR count). The zero-order valence-electron chi connectivity index (χ0n) is 16.1. The van der Waals surface area contributed by atoms with Gasteiger partial charge in [-0.15, -0.1) is 0 Å². The number of aromatic nitrogens is 5. The van der Waals surface area contributed by atoms with Gasteiger partial charge in [0, 0.05) is 5.56 Å². The summed E-state index contributed by atoms with van der Waals surface area (Å²) in [7, 11) is 0. The van der Waals surface area contributed by atoms with Gasteiger partial charge in [-0.2, -0.15) is 23.5 Å². The van der Waals surface area contributed by atoms with Gasteiger partial charge in [0.05, 0.1) is 5.69 Å². The molecule has 0 radical (unpaired) electrons. The van der Waals surface area contributed by atoms with Gasteiger partial charge >= 0.3 is 6.61 Å². The lowest BCUT2D eigenvalue weighted by molar-refractivity contribution is -0.0498. The van der Waals surface area contributed by atoms with E-state index in [1.54, 1.807) is 21.3 Å². The van der Waals surface area contributed by atoms with Crippen LogP contribution in [0.2, 0.25) is 0 Å². The van der Waals surface area contributed by atoms with Gasteiger partial charge in [0.15, 0.2) is 5.69 Å². The van der Waals surface area contributed by atoms with Gasteiger partial charge in [-0.05, 0) is 58.4 Å².